The molecule has 0 aliphatic carbocycles. The number of nitrogens with one attached hydrogen (secondary N) is 6. The number of nitrogens with zero attached hydrogens (tertiary/aromatic N) is 1. The molecule has 10 heteroatoms. The van der Waals surface area contributed by atoms with E-state index in [1.54, 1.807) is 0 Å². The number of benzene rings is 2. The van der Waals surface area contributed by atoms with Crippen molar-refractivity contribution in [1.82, 2.24) is 26.2 Å². The van der Waals surface area contributed by atoms with E-state index in [0.717, 1.165) is 81.6 Å². The van der Waals surface area contributed by atoms with Crippen molar-refractivity contribution in [2.45, 2.75) is 54.4 Å². The zero-order valence-corrected chi connectivity index (χ0v) is 28.9. The molecule has 0 aliphatic heterocycles. The highest BCUT2D eigenvalue weighted by molar-refractivity contribution is 7.80. The topological polar surface area (TPSA) is 75.4 Å². The van der Waals surface area contributed by atoms with Crippen LogP contribution < -0.4 is 31.9 Å². The number of hydrogen-bond acceptors (Lipinski definition) is 5. The Hall–Kier alpha value is -2.37. The minimum atomic E-state index is 0.631. The Labute approximate surface area is 271 Å². The molecule has 0 aromatic heterocycles. The summed E-state index contributed by atoms with van der Waals surface area (Å²) in [6, 6.07) is 16.9. The normalized spacial score (nSPS) is 10.5. The Morgan fingerprint density at radius 2 is 1.14 bits per heavy atom. The monoisotopic (exact) mass is 631 g/mol. The SMILES string of the molecule is CC.CCc1ccc(NC(=S)NCCN(CCNCCNC(C)=S)CCNC(=S)Nc2ccc(CC(C)C)cc2)cc1. The molecule has 0 fully saturated rings. The summed E-state index contributed by atoms with van der Waals surface area (Å²) in [5, 5.41) is 21.2. The van der Waals surface area contributed by atoms with Gasteiger partial charge in [0.05, 0.1) is 4.99 Å². The lowest BCUT2D eigenvalue weighted by molar-refractivity contribution is 0.281. The van der Waals surface area contributed by atoms with Gasteiger partial charge in [0.2, 0.25) is 0 Å². The van der Waals surface area contributed by atoms with Crippen LogP contribution in [0.4, 0.5) is 11.4 Å². The van der Waals surface area contributed by atoms with E-state index in [1.165, 1.54) is 11.1 Å². The fourth-order valence-electron chi connectivity index (χ4n) is 4.05. The maximum absolute atomic E-state index is 5.54. The Morgan fingerprint density at radius 1 is 0.667 bits per heavy atom. The molecular weight excluding hydrogens is 579 g/mol. The minimum Gasteiger partial charge on any atom is -0.379 e. The van der Waals surface area contributed by atoms with Crippen LogP contribution in [0, 0.1) is 5.92 Å². The van der Waals surface area contributed by atoms with Crippen molar-refractivity contribution < 1.29 is 0 Å². The molecule has 234 valence electrons. The van der Waals surface area contributed by atoms with Gasteiger partial charge in [-0.1, -0.05) is 71.1 Å². The van der Waals surface area contributed by atoms with E-state index in [4.69, 9.17) is 36.7 Å². The summed E-state index contributed by atoms with van der Waals surface area (Å²) in [6.45, 7) is 19.2. The average molecular weight is 632 g/mol. The summed E-state index contributed by atoms with van der Waals surface area (Å²) < 4.78 is 0. The van der Waals surface area contributed by atoms with Crippen LogP contribution in [-0.2, 0) is 12.8 Å². The molecule has 6 N–H and O–H groups in total. The van der Waals surface area contributed by atoms with E-state index in [0.29, 0.717) is 16.1 Å². The van der Waals surface area contributed by atoms with Crippen LogP contribution in [0.15, 0.2) is 48.5 Å². The number of anilines is 2. The highest BCUT2D eigenvalue weighted by atomic mass is 32.1. The molecule has 42 heavy (non-hydrogen) atoms. The van der Waals surface area contributed by atoms with Crippen molar-refractivity contribution >= 4 is 63.2 Å². The first-order valence-electron chi connectivity index (χ1n) is 15.2. The van der Waals surface area contributed by atoms with Gasteiger partial charge in [-0.25, -0.2) is 0 Å². The lowest BCUT2D eigenvalue weighted by Gasteiger charge is -2.24. The highest BCUT2D eigenvalue weighted by Gasteiger charge is 2.07. The average Bonchev–Trinajstić information content (AvgIpc) is 2.96. The first kappa shape index (κ1) is 37.7. The minimum absolute atomic E-state index is 0.631. The smallest absolute Gasteiger partial charge is 0.170 e. The number of hydrogen-bond donors (Lipinski definition) is 6. The van der Waals surface area contributed by atoms with Crippen molar-refractivity contribution in [3.8, 4) is 0 Å². The second-order valence-corrected chi connectivity index (χ2v) is 11.6. The van der Waals surface area contributed by atoms with Gasteiger partial charge in [-0.15, -0.1) is 0 Å². The van der Waals surface area contributed by atoms with Crippen molar-refractivity contribution in [2.24, 2.45) is 5.92 Å². The van der Waals surface area contributed by atoms with Crippen molar-refractivity contribution in [3.63, 3.8) is 0 Å². The number of aryl methyl sites for hydroxylation is 1. The molecule has 0 bridgehead atoms. The highest BCUT2D eigenvalue weighted by Crippen LogP contribution is 2.13. The molecule has 2 aromatic carbocycles. The van der Waals surface area contributed by atoms with Gasteiger partial charge >= 0.3 is 0 Å². The predicted molar refractivity (Wildman–Crippen MR) is 196 cm³/mol. The van der Waals surface area contributed by atoms with E-state index >= 15 is 0 Å². The summed E-state index contributed by atoms with van der Waals surface area (Å²) in [5.41, 5.74) is 4.65. The molecule has 0 heterocycles. The van der Waals surface area contributed by atoms with Crippen LogP contribution in [0.5, 0.6) is 0 Å². The molecule has 0 amide bonds. The molecule has 0 saturated heterocycles. The van der Waals surface area contributed by atoms with Gasteiger partial charge in [-0.2, -0.15) is 0 Å². The van der Waals surface area contributed by atoms with Gasteiger partial charge < -0.3 is 31.9 Å². The number of rotatable bonds is 17. The molecule has 2 rings (SSSR count). The van der Waals surface area contributed by atoms with Gasteiger partial charge in [0.15, 0.2) is 10.2 Å². The second kappa shape index (κ2) is 23.1. The lowest BCUT2D eigenvalue weighted by atomic mass is 10.0. The zero-order valence-electron chi connectivity index (χ0n) is 26.4. The summed E-state index contributed by atoms with van der Waals surface area (Å²) in [5.74, 6) is 0.644. The Balaban J connectivity index is 0.00000431. The molecular formula is C32H53N7S3. The van der Waals surface area contributed by atoms with E-state index < -0.39 is 0 Å². The quantitative estimate of drug-likeness (QED) is 0.0986. The molecule has 0 radical (unpaired) electrons. The van der Waals surface area contributed by atoms with Crippen molar-refractivity contribution in [3.05, 3.63) is 59.7 Å². The third-order valence-electron chi connectivity index (χ3n) is 6.18. The predicted octanol–water partition coefficient (Wildman–Crippen LogP) is 5.58. The van der Waals surface area contributed by atoms with Gasteiger partial charge in [0.1, 0.15) is 0 Å². The first-order valence-corrected chi connectivity index (χ1v) is 16.4. The molecule has 0 spiro atoms. The van der Waals surface area contributed by atoms with Crippen LogP contribution >= 0.6 is 36.7 Å². The molecule has 0 atom stereocenters. The second-order valence-electron chi connectivity index (χ2n) is 10.2. The van der Waals surface area contributed by atoms with E-state index in [2.05, 4.69) is 106 Å². The largest absolute Gasteiger partial charge is 0.379 e. The Kier molecular flexibility index (Phi) is 20.7. The maximum atomic E-state index is 5.54. The third kappa shape index (κ3) is 18.2. The molecule has 2 aromatic rings. The molecule has 7 nitrogen and oxygen atoms in total. The van der Waals surface area contributed by atoms with Crippen LogP contribution in [0.3, 0.4) is 0 Å². The fourth-order valence-corrected chi connectivity index (χ4v) is 4.59. The third-order valence-corrected chi connectivity index (χ3v) is 6.82. The Morgan fingerprint density at radius 3 is 1.60 bits per heavy atom. The maximum Gasteiger partial charge on any atom is 0.170 e. The van der Waals surface area contributed by atoms with Gasteiger partial charge in [-0.05, 0) is 85.5 Å². The molecule has 0 aliphatic rings. The fraction of sp³-hybridized carbons (Fsp3) is 0.531. The standard InChI is InChI=1S/C30H47N7S3.C2H6/c1-5-25-6-10-27(11-7-25)35-29(39)33-17-20-37(19-16-31-14-15-32-24(4)38)21-18-34-30(40)36-28-12-8-26(9-13-28)22-23(2)3;1-2/h6-13,23,31H,5,14-22H2,1-4H3,(H,32,38)(H2,33,35,39)(H2,34,36,40);1-2H3. The van der Waals surface area contributed by atoms with Crippen molar-refractivity contribution in [1.29, 1.82) is 0 Å². The first-order chi connectivity index (χ1) is 20.2. The van der Waals surface area contributed by atoms with E-state index in [-0.39, 0.29) is 0 Å². The zero-order chi connectivity index (χ0) is 31.2. The number of thiocarbonyl (C=S) groups is 3. The summed E-state index contributed by atoms with van der Waals surface area (Å²) in [4.78, 5) is 3.22. The van der Waals surface area contributed by atoms with Gasteiger partial charge in [0.25, 0.3) is 0 Å². The summed E-state index contributed by atoms with van der Waals surface area (Å²) in [6.07, 6.45) is 2.11. The van der Waals surface area contributed by atoms with Crippen LogP contribution in [0.2, 0.25) is 0 Å². The Bertz CT molecular complexity index is 1030. The van der Waals surface area contributed by atoms with E-state index in [1.807, 2.05) is 20.8 Å². The molecule has 0 unspecified atom stereocenters. The van der Waals surface area contributed by atoms with Crippen molar-refractivity contribution in [2.75, 3.05) is 63.0 Å². The van der Waals surface area contributed by atoms with Crippen LogP contribution in [0.25, 0.3) is 0 Å². The van der Waals surface area contributed by atoms with Crippen LogP contribution in [-0.4, -0.2) is 72.5 Å². The van der Waals surface area contributed by atoms with E-state index in [9.17, 15) is 0 Å². The van der Waals surface area contributed by atoms with Gasteiger partial charge in [-0.3, -0.25) is 4.90 Å². The van der Waals surface area contributed by atoms with Gasteiger partial charge in [0, 0.05) is 63.7 Å². The molecule has 0 saturated carbocycles. The van der Waals surface area contributed by atoms with Crippen LogP contribution in [0.1, 0.15) is 52.7 Å². The summed E-state index contributed by atoms with van der Waals surface area (Å²) in [7, 11) is 0. The lowest BCUT2D eigenvalue weighted by Crippen LogP contribution is -2.43. The summed E-state index contributed by atoms with van der Waals surface area (Å²) >= 11 is 16.1.